The smallest absolute Gasteiger partial charge is 0.396 e. The lowest BCUT2D eigenvalue weighted by atomic mass is 9.91. The molecular weight excluding hydrogens is 215 g/mol. The zero-order chi connectivity index (χ0) is 10.4. The van der Waals surface area contributed by atoms with Crippen molar-refractivity contribution in [1.82, 2.24) is 0 Å². The third-order valence-electron chi connectivity index (χ3n) is 2.37. The number of fused-ring (bicyclic) bond motifs is 3. The van der Waals surface area contributed by atoms with E-state index >= 15 is 0 Å². The Balaban J connectivity index is 2.21. The van der Waals surface area contributed by atoms with E-state index < -0.39 is 18.7 Å². The maximum absolute atomic E-state index is 11.0. The molecule has 0 aromatic rings. The van der Waals surface area contributed by atoms with Crippen molar-refractivity contribution in [3.63, 3.8) is 0 Å². The first-order valence-electron chi connectivity index (χ1n) is 4.02. The molecule has 0 radical (unpaired) electrons. The molecule has 14 heavy (non-hydrogen) atoms. The summed E-state index contributed by atoms with van der Waals surface area (Å²) in [5.41, 5.74) is -2.93. The second-order valence-corrected chi connectivity index (χ2v) is 5.23. The quantitative estimate of drug-likeness (QED) is 0.509. The monoisotopic (exact) mass is 226 g/mol. The van der Waals surface area contributed by atoms with E-state index in [0.29, 0.717) is 0 Å². The lowest BCUT2D eigenvalue weighted by molar-refractivity contribution is -0.432. The summed E-state index contributed by atoms with van der Waals surface area (Å²) in [6.07, 6.45) is 0. The van der Waals surface area contributed by atoms with E-state index in [4.69, 9.17) is 29.1 Å². The van der Waals surface area contributed by atoms with Gasteiger partial charge in [0.15, 0.2) is 0 Å². The minimum Gasteiger partial charge on any atom is -0.396 e. The molecule has 3 rings (SSSR count). The summed E-state index contributed by atoms with van der Waals surface area (Å²) in [6, 6.07) is 0. The molecule has 7 nitrogen and oxygen atoms in total. The molecule has 0 atom stereocenters. The fourth-order valence-electron chi connectivity index (χ4n) is 1.37. The highest BCUT2D eigenvalue weighted by Gasteiger charge is 2.62. The van der Waals surface area contributed by atoms with Crippen molar-refractivity contribution in [1.29, 1.82) is 0 Å². The molecule has 0 aromatic carbocycles. The standard InChI is InChI=1S/C6H11O7P/c7-1-5-2-11-6(12-3-5,13-4-5)14(8,9)10/h7H,1-4H2,(H2,8,9,10). The minimum absolute atomic E-state index is 0.0224. The van der Waals surface area contributed by atoms with E-state index in [2.05, 4.69) is 0 Å². The predicted octanol–water partition coefficient (Wildman–Crippen LogP) is -1.17. The molecule has 0 spiro atoms. The third kappa shape index (κ3) is 1.33. The van der Waals surface area contributed by atoms with Crippen LogP contribution in [0.1, 0.15) is 0 Å². The SMILES string of the molecule is O=P(O)(O)C12OCC(CO)(CO1)CO2. The second kappa shape index (κ2) is 2.99. The molecule has 0 unspecified atom stereocenters. The Hall–Kier alpha value is -0.0100. The molecular formula is C6H11O7P. The van der Waals surface area contributed by atoms with Gasteiger partial charge in [0.1, 0.15) is 0 Å². The molecule has 3 fully saturated rings. The first kappa shape index (κ1) is 10.5. The van der Waals surface area contributed by atoms with Crippen LogP contribution in [-0.2, 0) is 18.8 Å². The average Bonchev–Trinajstić information content (AvgIpc) is 2.19. The highest BCUT2D eigenvalue weighted by atomic mass is 31.2. The first-order chi connectivity index (χ1) is 6.43. The highest BCUT2D eigenvalue weighted by molar-refractivity contribution is 7.52. The number of aliphatic hydroxyl groups excluding tert-OH is 1. The van der Waals surface area contributed by atoms with Gasteiger partial charge in [0.2, 0.25) is 0 Å². The molecule has 0 aliphatic carbocycles. The summed E-state index contributed by atoms with van der Waals surface area (Å²) in [6.45, 7) is -0.137. The van der Waals surface area contributed by atoms with E-state index in [1.165, 1.54) is 0 Å². The first-order valence-corrected chi connectivity index (χ1v) is 5.63. The van der Waals surface area contributed by atoms with E-state index in [1.54, 1.807) is 0 Å². The highest BCUT2D eigenvalue weighted by Crippen LogP contribution is 2.58. The van der Waals surface area contributed by atoms with Gasteiger partial charge in [-0.05, 0) is 0 Å². The molecule has 0 amide bonds. The molecule has 3 heterocycles. The minimum atomic E-state index is -4.62. The lowest BCUT2D eigenvalue weighted by Gasteiger charge is -2.50. The van der Waals surface area contributed by atoms with Crippen LogP contribution in [0.15, 0.2) is 0 Å². The largest absolute Gasteiger partial charge is 0.415 e. The van der Waals surface area contributed by atoms with Crippen LogP contribution in [0.5, 0.6) is 0 Å². The number of hydrogen-bond donors (Lipinski definition) is 3. The molecule has 2 bridgehead atoms. The Morgan fingerprint density at radius 1 is 1.14 bits per heavy atom. The van der Waals surface area contributed by atoms with Gasteiger partial charge in [-0.1, -0.05) is 0 Å². The molecule has 8 heteroatoms. The molecule has 3 aliphatic heterocycles. The number of hydrogen-bond acceptors (Lipinski definition) is 5. The van der Waals surface area contributed by atoms with E-state index in [-0.39, 0.29) is 26.4 Å². The summed E-state index contributed by atoms with van der Waals surface area (Å²) in [5.74, 6) is 0. The maximum Gasteiger partial charge on any atom is 0.415 e. The van der Waals surface area contributed by atoms with Crippen LogP contribution in [0.2, 0.25) is 0 Å². The Morgan fingerprint density at radius 3 is 1.86 bits per heavy atom. The van der Waals surface area contributed by atoms with E-state index in [0.717, 1.165) is 0 Å². The van der Waals surface area contributed by atoms with Gasteiger partial charge >= 0.3 is 13.3 Å². The third-order valence-corrected chi connectivity index (χ3v) is 3.48. The van der Waals surface area contributed by atoms with Gasteiger partial charge in [0.05, 0.1) is 31.8 Å². The van der Waals surface area contributed by atoms with Crippen molar-refractivity contribution < 1.29 is 33.7 Å². The number of aliphatic hydroxyl groups is 1. The predicted molar refractivity (Wildman–Crippen MR) is 42.1 cm³/mol. The van der Waals surface area contributed by atoms with Crippen LogP contribution in [0.4, 0.5) is 0 Å². The molecule has 82 valence electrons. The van der Waals surface area contributed by atoms with Crippen LogP contribution in [0.25, 0.3) is 0 Å². The Kier molecular flexibility index (Phi) is 2.24. The zero-order valence-corrected chi connectivity index (χ0v) is 8.14. The van der Waals surface area contributed by atoms with Crippen molar-refractivity contribution >= 4 is 7.60 Å². The van der Waals surface area contributed by atoms with Gasteiger partial charge in [-0.2, -0.15) is 0 Å². The fourth-order valence-corrected chi connectivity index (χ4v) is 2.07. The summed E-state index contributed by atoms with van der Waals surface area (Å²) in [5, 5.41) is 9.02. The van der Waals surface area contributed by atoms with Gasteiger partial charge in [0, 0.05) is 0 Å². The summed E-state index contributed by atoms with van der Waals surface area (Å²) >= 11 is 0. The Labute approximate surface area is 79.7 Å². The lowest BCUT2D eigenvalue weighted by Crippen LogP contribution is -2.60. The van der Waals surface area contributed by atoms with Gasteiger partial charge < -0.3 is 29.1 Å². The van der Waals surface area contributed by atoms with Gasteiger partial charge in [-0.3, -0.25) is 4.57 Å². The van der Waals surface area contributed by atoms with E-state index in [9.17, 15) is 4.57 Å². The fraction of sp³-hybridized carbons (Fsp3) is 1.00. The van der Waals surface area contributed by atoms with Crippen LogP contribution >= 0.6 is 7.60 Å². The second-order valence-electron chi connectivity index (χ2n) is 3.59. The van der Waals surface area contributed by atoms with Gasteiger partial charge in [-0.25, -0.2) is 0 Å². The topological polar surface area (TPSA) is 105 Å². The normalized spacial score (nSPS) is 42.8. The summed E-state index contributed by atoms with van der Waals surface area (Å²) in [4.78, 5) is 17.9. The molecule has 3 N–H and O–H groups in total. The molecule has 0 saturated carbocycles. The molecule has 3 aliphatic rings. The van der Waals surface area contributed by atoms with Crippen molar-refractivity contribution in [2.24, 2.45) is 5.41 Å². The molecule has 3 saturated heterocycles. The van der Waals surface area contributed by atoms with Crippen LogP contribution in [-0.4, -0.2) is 47.0 Å². The Morgan fingerprint density at radius 2 is 1.57 bits per heavy atom. The van der Waals surface area contributed by atoms with Gasteiger partial charge in [-0.15, -0.1) is 0 Å². The van der Waals surface area contributed by atoms with Crippen molar-refractivity contribution in [2.45, 2.75) is 5.71 Å². The van der Waals surface area contributed by atoms with Crippen molar-refractivity contribution in [3.05, 3.63) is 0 Å². The Bertz CT molecular complexity index is 259. The van der Waals surface area contributed by atoms with Crippen LogP contribution in [0, 0.1) is 5.41 Å². The van der Waals surface area contributed by atoms with Crippen molar-refractivity contribution in [3.8, 4) is 0 Å². The average molecular weight is 226 g/mol. The zero-order valence-electron chi connectivity index (χ0n) is 7.25. The van der Waals surface area contributed by atoms with E-state index in [1.807, 2.05) is 0 Å². The number of rotatable bonds is 2. The molecule has 0 aromatic heterocycles. The van der Waals surface area contributed by atoms with Crippen LogP contribution in [0.3, 0.4) is 0 Å². The van der Waals surface area contributed by atoms with Crippen molar-refractivity contribution in [2.75, 3.05) is 26.4 Å². The summed E-state index contributed by atoms with van der Waals surface area (Å²) < 4.78 is 25.6. The van der Waals surface area contributed by atoms with Crippen LogP contribution < -0.4 is 0 Å². The maximum atomic E-state index is 11.0. The number of ether oxygens (including phenoxy) is 3. The van der Waals surface area contributed by atoms with Gasteiger partial charge in [0.25, 0.3) is 0 Å². The summed E-state index contributed by atoms with van der Waals surface area (Å²) in [7, 11) is -4.62.